The molecule has 1 aliphatic rings. The molecule has 6 heteroatoms. The van der Waals surface area contributed by atoms with Gasteiger partial charge in [-0.15, -0.1) is 12.4 Å². The Morgan fingerprint density at radius 2 is 2.44 bits per heavy atom. The van der Waals surface area contributed by atoms with Crippen LogP contribution in [0.25, 0.3) is 0 Å². The van der Waals surface area contributed by atoms with Gasteiger partial charge in [0.05, 0.1) is 0 Å². The van der Waals surface area contributed by atoms with Crippen molar-refractivity contribution < 1.29 is 13.9 Å². The number of furan rings is 1. The van der Waals surface area contributed by atoms with Crippen molar-refractivity contribution in [3.63, 3.8) is 0 Å². The van der Waals surface area contributed by atoms with E-state index in [2.05, 4.69) is 10.6 Å². The molecule has 1 aromatic heterocycles. The fraction of sp³-hybridized carbons (Fsp3) is 0.583. The van der Waals surface area contributed by atoms with Crippen LogP contribution in [-0.4, -0.2) is 32.1 Å². The lowest BCUT2D eigenvalue weighted by atomic mass is 10.2. The molecular weight excluding hydrogens is 256 g/mol. The van der Waals surface area contributed by atoms with Gasteiger partial charge in [0.1, 0.15) is 12.4 Å². The van der Waals surface area contributed by atoms with E-state index in [0.717, 1.165) is 13.0 Å². The van der Waals surface area contributed by atoms with Gasteiger partial charge in [0.25, 0.3) is 5.91 Å². The molecule has 102 valence electrons. The number of hydrogen-bond donors (Lipinski definition) is 2. The molecule has 0 bridgehead atoms. The van der Waals surface area contributed by atoms with Crippen LogP contribution in [0.15, 0.2) is 16.5 Å². The van der Waals surface area contributed by atoms with E-state index in [1.807, 2.05) is 0 Å². The summed E-state index contributed by atoms with van der Waals surface area (Å²) in [6.45, 7) is 2.08. The zero-order valence-electron chi connectivity index (χ0n) is 10.4. The van der Waals surface area contributed by atoms with Crippen LogP contribution < -0.4 is 10.6 Å². The molecule has 0 saturated carbocycles. The molecule has 5 nitrogen and oxygen atoms in total. The highest BCUT2D eigenvalue weighted by Crippen LogP contribution is 2.09. The molecule has 1 aromatic rings. The predicted octanol–water partition coefficient (Wildman–Crippen LogP) is 1.33. The molecule has 1 aliphatic heterocycles. The summed E-state index contributed by atoms with van der Waals surface area (Å²) in [5.74, 6) is 0.841. The second-order valence-corrected chi connectivity index (χ2v) is 4.20. The Morgan fingerprint density at radius 1 is 1.61 bits per heavy atom. The highest BCUT2D eigenvalue weighted by Gasteiger charge is 2.16. The first-order valence-corrected chi connectivity index (χ1v) is 5.89. The second-order valence-electron chi connectivity index (χ2n) is 4.20. The minimum Gasteiger partial charge on any atom is -0.453 e. The van der Waals surface area contributed by atoms with Crippen molar-refractivity contribution in [2.45, 2.75) is 25.5 Å². The summed E-state index contributed by atoms with van der Waals surface area (Å²) in [7, 11) is 1.59. The molecule has 2 heterocycles. The van der Waals surface area contributed by atoms with E-state index in [4.69, 9.17) is 9.15 Å². The van der Waals surface area contributed by atoms with Crippen molar-refractivity contribution in [2.24, 2.45) is 0 Å². The van der Waals surface area contributed by atoms with Crippen LogP contribution in [0, 0.1) is 0 Å². The summed E-state index contributed by atoms with van der Waals surface area (Å²) >= 11 is 0. The normalized spacial score (nSPS) is 18.4. The highest BCUT2D eigenvalue weighted by molar-refractivity contribution is 5.91. The van der Waals surface area contributed by atoms with Crippen LogP contribution in [0.1, 0.15) is 29.2 Å². The Kier molecular flexibility index (Phi) is 6.18. The van der Waals surface area contributed by atoms with Gasteiger partial charge in [0, 0.05) is 19.7 Å². The Labute approximate surface area is 113 Å². The molecule has 1 atom stereocenters. The number of rotatable bonds is 5. The molecular formula is C12H19ClN2O3. The van der Waals surface area contributed by atoms with Gasteiger partial charge in [-0.25, -0.2) is 0 Å². The van der Waals surface area contributed by atoms with E-state index < -0.39 is 0 Å². The fourth-order valence-corrected chi connectivity index (χ4v) is 1.95. The first-order valence-electron chi connectivity index (χ1n) is 5.89. The van der Waals surface area contributed by atoms with Gasteiger partial charge in [-0.05, 0) is 31.5 Å². The largest absolute Gasteiger partial charge is 0.453 e. The third kappa shape index (κ3) is 4.01. The minimum atomic E-state index is -0.166. The van der Waals surface area contributed by atoms with Crippen molar-refractivity contribution in [1.82, 2.24) is 10.6 Å². The van der Waals surface area contributed by atoms with Crippen molar-refractivity contribution in [2.75, 3.05) is 20.2 Å². The van der Waals surface area contributed by atoms with Crippen molar-refractivity contribution >= 4 is 18.3 Å². The zero-order chi connectivity index (χ0) is 12.1. The standard InChI is InChI=1S/C12H18N2O3.ClH/c1-16-8-10-4-5-11(17-10)12(15)14-7-9-3-2-6-13-9;/h4-5,9,13H,2-3,6-8H2,1H3,(H,14,15);1H. The molecule has 0 spiro atoms. The smallest absolute Gasteiger partial charge is 0.287 e. The van der Waals surface area contributed by atoms with Crippen LogP contribution in [0.3, 0.4) is 0 Å². The lowest BCUT2D eigenvalue weighted by Gasteiger charge is -2.10. The number of carbonyl (C=O) groups is 1. The van der Waals surface area contributed by atoms with Crippen LogP contribution in [0.5, 0.6) is 0 Å². The number of methoxy groups -OCH3 is 1. The number of carbonyl (C=O) groups excluding carboxylic acids is 1. The highest BCUT2D eigenvalue weighted by atomic mass is 35.5. The van der Waals surface area contributed by atoms with E-state index in [-0.39, 0.29) is 18.3 Å². The molecule has 2 N–H and O–H groups in total. The molecule has 2 rings (SSSR count). The van der Waals surface area contributed by atoms with Crippen LogP contribution in [0.2, 0.25) is 0 Å². The number of ether oxygens (including phenoxy) is 1. The second kappa shape index (κ2) is 7.41. The minimum absolute atomic E-state index is 0. The molecule has 1 unspecified atom stereocenters. The fourth-order valence-electron chi connectivity index (χ4n) is 1.95. The molecule has 0 aromatic carbocycles. The van der Waals surface area contributed by atoms with Crippen molar-refractivity contribution in [3.05, 3.63) is 23.7 Å². The molecule has 1 amide bonds. The van der Waals surface area contributed by atoms with E-state index in [1.54, 1.807) is 19.2 Å². The number of hydrogen-bond acceptors (Lipinski definition) is 4. The van der Waals surface area contributed by atoms with Crippen molar-refractivity contribution in [3.8, 4) is 0 Å². The number of nitrogens with one attached hydrogen (secondary N) is 2. The summed E-state index contributed by atoms with van der Waals surface area (Å²) in [5.41, 5.74) is 0. The average molecular weight is 275 g/mol. The monoisotopic (exact) mass is 274 g/mol. The van der Waals surface area contributed by atoms with Gasteiger partial charge in [-0.1, -0.05) is 0 Å². The van der Waals surface area contributed by atoms with Crippen LogP contribution in [-0.2, 0) is 11.3 Å². The summed E-state index contributed by atoms with van der Waals surface area (Å²) in [6, 6.07) is 3.82. The maximum Gasteiger partial charge on any atom is 0.287 e. The first kappa shape index (κ1) is 15.0. The van der Waals surface area contributed by atoms with E-state index in [0.29, 0.717) is 30.7 Å². The molecule has 1 fully saturated rings. The SMILES string of the molecule is COCc1ccc(C(=O)NCC2CCCN2)o1.Cl. The topological polar surface area (TPSA) is 63.5 Å². The lowest BCUT2D eigenvalue weighted by Crippen LogP contribution is -2.37. The maximum atomic E-state index is 11.7. The van der Waals surface area contributed by atoms with Gasteiger partial charge < -0.3 is 19.8 Å². The quantitative estimate of drug-likeness (QED) is 0.850. The lowest BCUT2D eigenvalue weighted by molar-refractivity contribution is 0.0914. The van der Waals surface area contributed by atoms with E-state index >= 15 is 0 Å². The third-order valence-electron chi connectivity index (χ3n) is 2.84. The molecule has 0 aliphatic carbocycles. The Bertz CT molecular complexity index is 375. The Balaban J connectivity index is 0.00000162. The van der Waals surface area contributed by atoms with E-state index in [1.165, 1.54) is 6.42 Å². The van der Waals surface area contributed by atoms with Gasteiger partial charge in [0.15, 0.2) is 5.76 Å². The third-order valence-corrected chi connectivity index (χ3v) is 2.84. The Hall–Kier alpha value is -1.04. The first-order chi connectivity index (χ1) is 8.29. The summed E-state index contributed by atoms with van der Waals surface area (Å²) in [5, 5.41) is 6.18. The molecule has 18 heavy (non-hydrogen) atoms. The van der Waals surface area contributed by atoms with Gasteiger partial charge >= 0.3 is 0 Å². The summed E-state index contributed by atoms with van der Waals surface area (Å²) in [6.07, 6.45) is 2.30. The van der Waals surface area contributed by atoms with Crippen LogP contribution >= 0.6 is 12.4 Å². The van der Waals surface area contributed by atoms with Gasteiger partial charge in [0.2, 0.25) is 0 Å². The number of amides is 1. The zero-order valence-corrected chi connectivity index (χ0v) is 11.2. The molecule has 0 radical (unpaired) electrons. The maximum absolute atomic E-state index is 11.7. The van der Waals surface area contributed by atoms with Crippen molar-refractivity contribution in [1.29, 1.82) is 0 Å². The Morgan fingerprint density at radius 3 is 3.11 bits per heavy atom. The van der Waals surface area contributed by atoms with E-state index in [9.17, 15) is 4.79 Å². The predicted molar refractivity (Wildman–Crippen MR) is 70.0 cm³/mol. The van der Waals surface area contributed by atoms with Gasteiger partial charge in [-0.3, -0.25) is 4.79 Å². The van der Waals surface area contributed by atoms with Gasteiger partial charge in [-0.2, -0.15) is 0 Å². The molecule has 1 saturated heterocycles. The number of halogens is 1. The van der Waals surface area contributed by atoms with Crippen LogP contribution in [0.4, 0.5) is 0 Å². The summed E-state index contributed by atoms with van der Waals surface area (Å²) in [4.78, 5) is 11.7. The summed E-state index contributed by atoms with van der Waals surface area (Å²) < 4.78 is 10.3. The average Bonchev–Trinajstić information content (AvgIpc) is 2.97.